The van der Waals surface area contributed by atoms with Crippen LogP contribution in [0.15, 0.2) is 47.2 Å². The molecule has 1 aliphatic heterocycles. The first kappa shape index (κ1) is 18.0. The molecule has 4 rings (SSSR count). The van der Waals surface area contributed by atoms with E-state index < -0.39 is 11.1 Å². The first-order chi connectivity index (χ1) is 13.0. The number of hydrogen-bond acceptors (Lipinski definition) is 6. The Bertz CT molecular complexity index is 885. The van der Waals surface area contributed by atoms with Gasteiger partial charge in [-0.3, -0.25) is 4.90 Å². The molecular formula is C18H17F3N4OS. The number of halogens is 3. The van der Waals surface area contributed by atoms with Gasteiger partial charge in [0.25, 0.3) is 0 Å². The summed E-state index contributed by atoms with van der Waals surface area (Å²) in [5.41, 5.74) is 1.80. The molecule has 1 aliphatic rings. The molecular weight excluding hydrogens is 377 g/mol. The molecule has 1 saturated heterocycles. The molecule has 27 heavy (non-hydrogen) atoms. The molecule has 2 aromatic heterocycles. The maximum absolute atomic E-state index is 12.7. The summed E-state index contributed by atoms with van der Waals surface area (Å²) in [7, 11) is 0. The normalized spacial score (nSPS) is 16.0. The fourth-order valence-corrected chi connectivity index (χ4v) is 3.79. The van der Waals surface area contributed by atoms with Crippen LogP contribution in [0, 0.1) is 0 Å². The summed E-state index contributed by atoms with van der Waals surface area (Å²) in [6.07, 6.45) is -1.78. The van der Waals surface area contributed by atoms with Gasteiger partial charge in [-0.2, -0.15) is 13.2 Å². The number of oxazole rings is 1. The predicted octanol–water partition coefficient (Wildman–Crippen LogP) is 4.14. The molecule has 0 aliphatic carbocycles. The van der Waals surface area contributed by atoms with Crippen molar-refractivity contribution in [3.63, 3.8) is 0 Å². The number of aromatic nitrogens is 2. The zero-order chi connectivity index (χ0) is 18.9. The quantitative estimate of drug-likeness (QED) is 0.666. The molecule has 0 spiro atoms. The first-order valence-corrected chi connectivity index (χ1v) is 9.31. The van der Waals surface area contributed by atoms with Crippen molar-refractivity contribution in [1.29, 1.82) is 0 Å². The average molecular weight is 394 g/mol. The number of thiazole rings is 1. The van der Waals surface area contributed by atoms with E-state index >= 15 is 0 Å². The van der Waals surface area contributed by atoms with Gasteiger partial charge in [-0.25, -0.2) is 9.97 Å². The summed E-state index contributed by atoms with van der Waals surface area (Å²) < 4.78 is 43.7. The molecule has 0 saturated carbocycles. The van der Waals surface area contributed by atoms with E-state index in [4.69, 9.17) is 4.42 Å². The monoisotopic (exact) mass is 394 g/mol. The molecule has 0 amide bonds. The van der Waals surface area contributed by atoms with Crippen molar-refractivity contribution in [3.05, 3.63) is 53.6 Å². The van der Waals surface area contributed by atoms with E-state index in [1.807, 2.05) is 35.2 Å². The van der Waals surface area contributed by atoms with E-state index in [9.17, 15) is 13.2 Å². The first-order valence-electron chi connectivity index (χ1n) is 8.49. The lowest BCUT2D eigenvalue weighted by atomic mass is 10.2. The predicted molar refractivity (Wildman–Crippen MR) is 96.5 cm³/mol. The van der Waals surface area contributed by atoms with Crippen LogP contribution < -0.4 is 4.90 Å². The van der Waals surface area contributed by atoms with Crippen LogP contribution >= 0.6 is 11.3 Å². The third-order valence-electron chi connectivity index (χ3n) is 4.40. The van der Waals surface area contributed by atoms with Crippen molar-refractivity contribution < 1.29 is 17.6 Å². The minimum atomic E-state index is -4.33. The van der Waals surface area contributed by atoms with E-state index in [0.29, 0.717) is 55.1 Å². The van der Waals surface area contributed by atoms with Gasteiger partial charge >= 0.3 is 6.18 Å². The van der Waals surface area contributed by atoms with Gasteiger partial charge < -0.3 is 9.32 Å². The second-order valence-electron chi connectivity index (χ2n) is 6.26. The van der Waals surface area contributed by atoms with Gasteiger partial charge in [0.2, 0.25) is 5.89 Å². The molecule has 9 heteroatoms. The Balaban J connectivity index is 1.34. The van der Waals surface area contributed by atoms with Crippen molar-refractivity contribution in [2.45, 2.75) is 12.7 Å². The van der Waals surface area contributed by atoms with E-state index in [0.717, 1.165) is 17.5 Å². The van der Waals surface area contributed by atoms with Crippen LogP contribution in [0.2, 0.25) is 0 Å². The number of alkyl halides is 3. The highest BCUT2D eigenvalue weighted by atomic mass is 32.1. The van der Waals surface area contributed by atoms with Crippen LogP contribution in [-0.4, -0.2) is 41.0 Å². The number of nitrogens with zero attached hydrogens (tertiary/aromatic N) is 4. The second-order valence-corrected chi connectivity index (χ2v) is 7.27. The number of piperazine rings is 1. The smallest absolute Gasteiger partial charge is 0.427 e. The third kappa shape index (κ3) is 4.14. The van der Waals surface area contributed by atoms with Crippen LogP contribution in [-0.2, 0) is 12.7 Å². The number of benzene rings is 1. The Morgan fingerprint density at radius 3 is 2.48 bits per heavy atom. The van der Waals surface area contributed by atoms with E-state index in [-0.39, 0.29) is 0 Å². The van der Waals surface area contributed by atoms with E-state index in [1.54, 1.807) is 6.26 Å². The van der Waals surface area contributed by atoms with Gasteiger partial charge in [0, 0.05) is 31.7 Å². The molecule has 3 heterocycles. The second kappa shape index (κ2) is 7.32. The van der Waals surface area contributed by atoms with Gasteiger partial charge in [-0.15, -0.1) is 0 Å². The third-order valence-corrected chi connectivity index (χ3v) is 5.50. The highest BCUT2D eigenvalue weighted by Crippen LogP contribution is 2.36. The summed E-state index contributed by atoms with van der Waals surface area (Å²) >= 11 is 0.693. The fourth-order valence-electron chi connectivity index (χ4n) is 2.96. The molecule has 5 nitrogen and oxygen atoms in total. The minimum absolute atomic E-state index is 0.421. The topological polar surface area (TPSA) is 45.4 Å². The Morgan fingerprint density at radius 1 is 1.07 bits per heavy atom. The minimum Gasteiger partial charge on any atom is -0.447 e. The average Bonchev–Trinajstić information content (AvgIpc) is 3.33. The highest BCUT2D eigenvalue weighted by Gasteiger charge is 2.34. The molecule has 0 radical (unpaired) electrons. The van der Waals surface area contributed by atoms with E-state index in [1.165, 1.54) is 0 Å². The van der Waals surface area contributed by atoms with Gasteiger partial charge in [0.05, 0.1) is 12.7 Å². The number of anilines is 1. The largest absolute Gasteiger partial charge is 0.447 e. The van der Waals surface area contributed by atoms with E-state index in [2.05, 4.69) is 14.9 Å². The zero-order valence-corrected chi connectivity index (χ0v) is 15.1. The molecule has 0 unspecified atom stereocenters. The molecule has 1 aromatic carbocycles. The summed E-state index contributed by atoms with van der Waals surface area (Å²) in [6.45, 7) is 3.24. The van der Waals surface area contributed by atoms with Crippen LogP contribution in [0.4, 0.5) is 18.3 Å². The SMILES string of the molecule is FC(F)(F)c1cnc(N2CCN(Cc3nc(-c4ccccc4)co3)CC2)s1. The Kier molecular flexibility index (Phi) is 4.88. The summed E-state index contributed by atoms with van der Waals surface area (Å²) in [5.74, 6) is 0.635. The Hall–Kier alpha value is -2.39. The van der Waals surface area contributed by atoms with Crippen LogP contribution in [0.3, 0.4) is 0 Å². The lowest BCUT2D eigenvalue weighted by Gasteiger charge is -2.33. The summed E-state index contributed by atoms with van der Waals surface area (Å²) in [6, 6.07) is 9.80. The number of rotatable bonds is 4. The van der Waals surface area contributed by atoms with Crippen LogP contribution in [0.25, 0.3) is 11.3 Å². The Morgan fingerprint density at radius 2 is 1.81 bits per heavy atom. The van der Waals surface area contributed by atoms with Gasteiger partial charge in [-0.1, -0.05) is 41.7 Å². The van der Waals surface area contributed by atoms with Crippen molar-refractivity contribution >= 4 is 16.5 Å². The molecule has 0 bridgehead atoms. The molecule has 0 N–H and O–H groups in total. The standard InChI is InChI=1S/C18H17F3N4OS/c19-18(20,21)15-10-22-17(27-15)25-8-6-24(7-9-25)11-16-23-14(12-26-16)13-4-2-1-3-5-13/h1-5,10,12H,6-9,11H2. The van der Waals surface area contributed by atoms with Gasteiger partial charge in [0.1, 0.15) is 16.8 Å². The maximum Gasteiger partial charge on any atom is 0.427 e. The lowest BCUT2D eigenvalue weighted by molar-refractivity contribution is -0.134. The van der Waals surface area contributed by atoms with Crippen molar-refractivity contribution in [2.75, 3.05) is 31.1 Å². The van der Waals surface area contributed by atoms with Gasteiger partial charge in [-0.05, 0) is 0 Å². The summed E-state index contributed by atoms with van der Waals surface area (Å²) in [5, 5.41) is 0.421. The maximum atomic E-state index is 12.7. The molecule has 1 fully saturated rings. The van der Waals surface area contributed by atoms with Crippen LogP contribution in [0.5, 0.6) is 0 Å². The zero-order valence-electron chi connectivity index (χ0n) is 14.3. The van der Waals surface area contributed by atoms with Crippen molar-refractivity contribution in [1.82, 2.24) is 14.9 Å². The van der Waals surface area contributed by atoms with Gasteiger partial charge in [0.15, 0.2) is 5.13 Å². The van der Waals surface area contributed by atoms with Crippen LogP contribution in [0.1, 0.15) is 10.8 Å². The number of hydrogen-bond donors (Lipinski definition) is 0. The molecule has 3 aromatic rings. The van der Waals surface area contributed by atoms with Crippen molar-refractivity contribution in [2.24, 2.45) is 0 Å². The fraction of sp³-hybridized carbons (Fsp3) is 0.333. The Labute approximate surface area is 158 Å². The van der Waals surface area contributed by atoms with Crippen molar-refractivity contribution in [3.8, 4) is 11.3 Å². The highest BCUT2D eigenvalue weighted by molar-refractivity contribution is 7.15. The molecule has 142 valence electrons. The molecule has 0 atom stereocenters. The summed E-state index contributed by atoms with van der Waals surface area (Å²) in [4.78, 5) is 11.9. The lowest BCUT2D eigenvalue weighted by Crippen LogP contribution is -2.46.